The molecule has 1 aromatic heterocycles. The lowest BCUT2D eigenvalue weighted by Crippen LogP contribution is -2.27. The number of aryl methyl sites for hydroxylation is 1. The molecule has 0 N–H and O–H groups in total. The van der Waals surface area contributed by atoms with Crippen molar-refractivity contribution in [3.05, 3.63) is 15.5 Å². The van der Waals surface area contributed by atoms with Crippen LogP contribution < -0.4 is 0 Å². The summed E-state index contributed by atoms with van der Waals surface area (Å²) in [6.45, 7) is 7.21. The maximum absolute atomic E-state index is 5.42. The zero-order valence-corrected chi connectivity index (χ0v) is 11.3. The molecule has 80 valence electrons. The summed E-state index contributed by atoms with van der Waals surface area (Å²) in [5, 5.41) is 4.31. The fourth-order valence-electron chi connectivity index (χ4n) is 1.31. The molecular formula is C10H17IN2O. The highest BCUT2D eigenvalue weighted by molar-refractivity contribution is 14.1. The second kappa shape index (κ2) is 4.61. The third-order valence-electron chi connectivity index (χ3n) is 2.34. The molecule has 4 heteroatoms. The van der Waals surface area contributed by atoms with Crippen LogP contribution in [0.5, 0.6) is 0 Å². The Kier molecular flexibility index (Phi) is 3.94. The number of ether oxygens (including phenoxy) is 1. The van der Waals surface area contributed by atoms with Crippen molar-refractivity contribution < 1.29 is 4.74 Å². The van der Waals surface area contributed by atoms with E-state index in [1.54, 1.807) is 7.11 Å². The van der Waals surface area contributed by atoms with Crippen molar-refractivity contribution in [3.8, 4) is 0 Å². The van der Waals surface area contributed by atoms with Gasteiger partial charge >= 0.3 is 0 Å². The molecule has 0 saturated carbocycles. The van der Waals surface area contributed by atoms with Crippen LogP contribution >= 0.6 is 22.6 Å². The van der Waals surface area contributed by atoms with Crippen molar-refractivity contribution in [2.75, 3.05) is 7.11 Å². The fourth-order valence-corrected chi connectivity index (χ4v) is 1.91. The minimum atomic E-state index is -0.118. The first-order chi connectivity index (χ1) is 6.50. The van der Waals surface area contributed by atoms with E-state index in [-0.39, 0.29) is 5.60 Å². The van der Waals surface area contributed by atoms with Gasteiger partial charge in [-0.25, -0.2) is 0 Å². The van der Waals surface area contributed by atoms with Crippen LogP contribution in [0.4, 0.5) is 0 Å². The normalized spacial score (nSPS) is 12.1. The minimum Gasteiger partial charge on any atom is -0.378 e. The predicted octanol–water partition coefficient (Wildman–Crippen LogP) is 2.48. The van der Waals surface area contributed by atoms with Crippen molar-refractivity contribution in [2.45, 2.75) is 39.3 Å². The lowest BCUT2D eigenvalue weighted by molar-refractivity contribution is 0.0214. The average molecular weight is 308 g/mol. The van der Waals surface area contributed by atoms with Crippen LogP contribution in [0.15, 0.2) is 6.20 Å². The summed E-state index contributed by atoms with van der Waals surface area (Å²) in [4.78, 5) is 0. The lowest BCUT2D eigenvalue weighted by atomic mass is 10.0. The van der Waals surface area contributed by atoms with Crippen LogP contribution in [0, 0.1) is 3.57 Å². The van der Waals surface area contributed by atoms with Crippen LogP contribution in [-0.2, 0) is 17.7 Å². The highest BCUT2D eigenvalue weighted by Gasteiger charge is 2.21. The molecule has 0 fully saturated rings. The first-order valence-corrected chi connectivity index (χ1v) is 5.83. The summed E-state index contributed by atoms with van der Waals surface area (Å²) in [5.74, 6) is 0. The molecule has 3 nitrogen and oxygen atoms in total. The van der Waals surface area contributed by atoms with Gasteiger partial charge in [0.1, 0.15) is 0 Å². The Balaban J connectivity index is 2.89. The molecule has 0 atom stereocenters. The van der Waals surface area contributed by atoms with Gasteiger partial charge in [-0.3, -0.25) is 4.68 Å². The van der Waals surface area contributed by atoms with Gasteiger partial charge in [0.15, 0.2) is 0 Å². The first kappa shape index (κ1) is 12.0. The summed E-state index contributed by atoms with van der Waals surface area (Å²) in [5.41, 5.74) is 1.15. The Morgan fingerprint density at radius 1 is 1.57 bits per heavy atom. The molecule has 0 bridgehead atoms. The van der Waals surface area contributed by atoms with Gasteiger partial charge in [-0.15, -0.1) is 0 Å². The SMILES string of the molecule is CCn1ncc(I)c1CC(C)(C)OC. The van der Waals surface area contributed by atoms with Crippen LogP contribution in [0.2, 0.25) is 0 Å². The van der Waals surface area contributed by atoms with Gasteiger partial charge in [0, 0.05) is 20.1 Å². The van der Waals surface area contributed by atoms with Crippen molar-refractivity contribution in [1.29, 1.82) is 0 Å². The molecule has 0 aliphatic heterocycles. The van der Waals surface area contributed by atoms with E-state index in [4.69, 9.17) is 4.74 Å². The number of hydrogen-bond acceptors (Lipinski definition) is 2. The van der Waals surface area contributed by atoms with E-state index in [1.807, 2.05) is 10.9 Å². The van der Waals surface area contributed by atoms with Gasteiger partial charge in [0.05, 0.1) is 21.1 Å². The molecular weight excluding hydrogens is 291 g/mol. The third-order valence-corrected chi connectivity index (χ3v) is 3.24. The Morgan fingerprint density at radius 3 is 2.71 bits per heavy atom. The average Bonchev–Trinajstić information content (AvgIpc) is 2.48. The topological polar surface area (TPSA) is 27.1 Å². The van der Waals surface area contributed by atoms with Crippen molar-refractivity contribution in [2.24, 2.45) is 0 Å². The van der Waals surface area contributed by atoms with E-state index in [9.17, 15) is 0 Å². The van der Waals surface area contributed by atoms with Gasteiger partial charge in [-0.05, 0) is 43.4 Å². The third kappa shape index (κ3) is 2.70. The van der Waals surface area contributed by atoms with Gasteiger partial charge in [-0.2, -0.15) is 5.10 Å². The molecule has 0 aliphatic carbocycles. The predicted molar refractivity (Wildman–Crippen MR) is 65.4 cm³/mol. The van der Waals surface area contributed by atoms with Gasteiger partial charge < -0.3 is 4.74 Å². The summed E-state index contributed by atoms with van der Waals surface area (Å²) in [6, 6.07) is 0. The molecule has 0 amide bonds. The Hall–Kier alpha value is -0.100. The number of aromatic nitrogens is 2. The van der Waals surface area contributed by atoms with Gasteiger partial charge in [0.25, 0.3) is 0 Å². The largest absolute Gasteiger partial charge is 0.378 e. The first-order valence-electron chi connectivity index (χ1n) is 4.75. The number of halogens is 1. The monoisotopic (exact) mass is 308 g/mol. The van der Waals surface area contributed by atoms with E-state index in [0.717, 1.165) is 13.0 Å². The smallest absolute Gasteiger partial charge is 0.0678 e. The maximum Gasteiger partial charge on any atom is 0.0678 e. The molecule has 14 heavy (non-hydrogen) atoms. The molecule has 0 radical (unpaired) electrons. The van der Waals surface area contributed by atoms with Crippen molar-refractivity contribution in [1.82, 2.24) is 9.78 Å². The van der Waals surface area contributed by atoms with Gasteiger partial charge in [-0.1, -0.05) is 0 Å². The van der Waals surface area contributed by atoms with E-state index < -0.39 is 0 Å². The number of rotatable bonds is 4. The zero-order valence-electron chi connectivity index (χ0n) is 9.17. The van der Waals surface area contributed by atoms with Crippen LogP contribution in [0.3, 0.4) is 0 Å². The van der Waals surface area contributed by atoms with Crippen LogP contribution in [-0.4, -0.2) is 22.5 Å². The van der Waals surface area contributed by atoms with E-state index in [2.05, 4.69) is 48.5 Å². The van der Waals surface area contributed by atoms with E-state index in [1.165, 1.54) is 9.26 Å². The summed E-state index contributed by atoms with van der Waals surface area (Å²) in [6.07, 6.45) is 2.81. The zero-order chi connectivity index (χ0) is 10.8. The van der Waals surface area contributed by atoms with E-state index in [0.29, 0.717) is 0 Å². The van der Waals surface area contributed by atoms with Crippen molar-refractivity contribution in [3.63, 3.8) is 0 Å². The van der Waals surface area contributed by atoms with E-state index >= 15 is 0 Å². The highest BCUT2D eigenvalue weighted by atomic mass is 127. The molecule has 1 rings (SSSR count). The summed E-state index contributed by atoms with van der Waals surface area (Å²) in [7, 11) is 1.75. The van der Waals surface area contributed by atoms with Gasteiger partial charge in [0.2, 0.25) is 0 Å². The van der Waals surface area contributed by atoms with Crippen LogP contribution in [0.25, 0.3) is 0 Å². The summed E-state index contributed by atoms with van der Waals surface area (Å²) < 4.78 is 8.67. The lowest BCUT2D eigenvalue weighted by Gasteiger charge is -2.23. The molecule has 0 unspecified atom stereocenters. The Morgan fingerprint density at radius 2 is 2.21 bits per heavy atom. The number of nitrogens with zero attached hydrogens (tertiary/aromatic N) is 2. The number of hydrogen-bond donors (Lipinski definition) is 0. The quantitative estimate of drug-likeness (QED) is 0.799. The second-order valence-corrected chi connectivity index (χ2v) is 5.06. The Bertz CT molecular complexity index is 307. The standard InChI is InChI=1S/C10H17IN2O/c1-5-13-9(8(11)7-12-13)6-10(2,3)14-4/h7H,5-6H2,1-4H3. The molecule has 0 aromatic carbocycles. The van der Waals surface area contributed by atoms with Crippen molar-refractivity contribution >= 4 is 22.6 Å². The molecule has 1 aromatic rings. The molecule has 0 spiro atoms. The highest BCUT2D eigenvalue weighted by Crippen LogP contribution is 2.20. The van der Waals surface area contributed by atoms with Crippen LogP contribution in [0.1, 0.15) is 26.5 Å². The fraction of sp³-hybridized carbons (Fsp3) is 0.700. The minimum absolute atomic E-state index is 0.118. The molecule has 1 heterocycles. The Labute approximate surface area is 99.0 Å². The molecule has 0 aliphatic rings. The molecule has 0 saturated heterocycles. The summed E-state index contributed by atoms with van der Waals surface area (Å²) >= 11 is 2.32. The maximum atomic E-state index is 5.42. The second-order valence-electron chi connectivity index (χ2n) is 3.90. The number of methoxy groups -OCH3 is 1.